The van der Waals surface area contributed by atoms with Gasteiger partial charge in [0.2, 0.25) is 0 Å². The standard InChI is InChI=1S/C17H25N3O.HI/c1-2-7-14(6-1)19-17(20-15-8-3-4-9-15)18-12-11-16-10-5-13-21-16;/h1-2,5,10,13-15H,3-4,6-9,11-12H2,(H2,18,19,20);1H. The lowest BCUT2D eigenvalue weighted by Crippen LogP contribution is -2.46. The van der Waals surface area contributed by atoms with Crippen LogP contribution in [0.4, 0.5) is 0 Å². The summed E-state index contributed by atoms with van der Waals surface area (Å²) in [6.45, 7) is 0.760. The minimum atomic E-state index is 0. The monoisotopic (exact) mass is 415 g/mol. The van der Waals surface area contributed by atoms with Crippen LogP contribution < -0.4 is 10.6 Å². The second-order valence-electron chi connectivity index (χ2n) is 5.97. The normalized spacial score (nSPS) is 19.4. The maximum absolute atomic E-state index is 5.36. The van der Waals surface area contributed by atoms with Crippen LogP contribution >= 0.6 is 24.0 Å². The Morgan fingerprint density at radius 1 is 1.14 bits per heavy atom. The predicted octanol–water partition coefficient (Wildman–Crippen LogP) is 3.64. The van der Waals surface area contributed by atoms with Crippen molar-refractivity contribution in [3.05, 3.63) is 36.3 Å². The van der Waals surface area contributed by atoms with Crippen LogP contribution in [0.15, 0.2) is 40.0 Å². The Bertz CT molecular complexity index is 464. The summed E-state index contributed by atoms with van der Waals surface area (Å²) in [5.41, 5.74) is 0. The van der Waals surface area contributed by atoms with E-state index in [1.807, 2.05) is 12.1 Å². The van der Waals surface area contributed by atoms with Crippen molar-refractivity contribution in [2.75, 3.05) is 6.54 Å². The number of hydrogen-bond donors (Lipinski definition) is 2. The summed E-state index contributed by atoms with van der Waals surface area (Å²) in [6.07, 6.45) is 14.5. The summed E-state index contributed by atoms with van der Waals surface area (Å²) in [5.74, 6) is 1.98. The van der Waals surface area contributed by atoms with E-state index in [4.69, 9.17) is 9.41 Å². The summed E-state index contributed by atoms with van der Waals surface area (Å²) in [7, 11) is 0. The van der Waals surface area contributed by atoms with Gasteiger partial charge in [-0.15, -0.1) is 24.0 Å². The molecule has 1 heterocycles. The van der Waals surface area contributed by atoms with Gasteiger partial charge in [0.1, 0.15) is 5.76 Å². The maximum atomic E-state index is 5.36. The van der Waals surface area contributed by atoms with Crippen molar-refractivity contribution < 1.29 is 4.42 Å². The molecular weight excluding hydrogens is 389 g/mol. The molecule has 22 heavy (non-hydrogen) atoms. The predicted molar refractivity (Wildman–Crippen MR) is 101 cm³/mol. The zero-order chi connectivity index (χ0) is 14.3. The summed E-state index contributed by atoms with van der Waals surface area (Å²) < 4.78 is 5.36. The molecule has 4 nitrogen and oxygen atoms in total. The van der Waals surface area contributed by atoms with Gasteiger partial charge in [0, 0.05) is 25.0 Å². The molecule has 2 aliphatic carbocycles. The van der Waals surface area contributed by atoms with Crippen molar-refractivity contribution in [3.8, 4) is 0 Å². The summed E-state index contributed by atoms with van der Waals surface area (Å²) >= 11 is 0. The van der Waals surface area contributed by atoms with E-state index >= 15 is 0 Å². The average molecular weight is 415 g/mol. The summed E-state index contributed by atoms with van der Waals surface area (Å²) in [4.78, 5) is 4.73. The lowest BCUT2D eigenvalue weighted by Gasteiger charge is -2.21. The highest BCUT2D eigenvalue weighted by molar-refractivity contribution is 14.0. The van der Waals surface area contributed by atoms with E-state index in [0.717, 1.165) is 37.5 Å². The second kappa shape index (κ2) is 9.22. The Morgan fingerprint density at radius 2 is 1.86 bits per heavy atom. The van der Waals surface area contributed by atoms with Gasteiger partial charge in [0.25, 0.3) is 0 Å². The van der Waals surface area contributed by atoms with E-state index in [0.29, 0.717) is 12.1 Å². The quantitative estimate of drug-likeness (QED) is 0.334. The molecule has 1 saturated carbocycles. The first kappa shape index (κ1) is 17.4. The van der Waals surface area contributed by atoms with Gasteiger partial charge in [-0.2, -0.15) is 0 Å². The highest BCUT2D eigenvalue weighted by Crippen LogP contribution is 2.17. The fourth-order valence-electron chi connectivity index (χ4n) is 3.06. The number of aliphatic imine (C=N–C) groups is 1. The minimum absolute atomic E-state index is 0. The number of furan rings is 1. The molecule has 0 radical (unpaired) electrons. The van der Waals surface area contributed by atoms with Gasteiger partial charge in [-0.1, -0.05) is 25.0 Å². The Balaban J connectivity index is 0.00000176. The van der Waals surface area contributed by atoms with Gasteiger partial charge in [0.15, 0.2) is 5.96 Å². The van der Waals surface area contributed by atoms with Gasteiger partial charge >= 0.3 is 0 Å². The van der Waals surface area contributed by atoms with E-state index in [2.05, 4.69) is 22.8 Å². The molecule has 1 aromatic heterocycles. The first-order valence-corrected chi connectivity index (χ1v) is 8.15. The summed E-state index contributed by atoms with van der Waals surface area (Å²) in [5, 5.41) is 7.17. The Hall–Kier alpha value is -0.980. The maximum Gasteiger partial charge on any atom is 0.191 e. The number of halogens is 1. The number of nitrogens with one attached hydrogen (secondary N) is 2. The van der Waals surface area contributed by atoms with Gasteiger partial charge in [-0.25, -0.2) is 0 Å². The Morgan fingerprint density at radius 3 is 2.55 bits per heavy atom. The van der Waals surface area contributed by atoms with Gasteiger partial charge in [0.05, 0.1) is 6.26 Å². The molecule has 0 saturated heterocycles. The van der Waals surface area contributed by atoms with Crippen molar-refractivity contribution in [2.24, 2.45) is 4.99 Å². The van der Waals surface area contributed by atoms with Gasteiger partial charge < -0.3 is 15.1 Å². The smallest absolute Gasteiger partial charge is 0.191 e. The van der Waals surface area contributed by atoms with Crippen LogP contribution in [0.1, 0.15) is 44.3 Å². The van der Waals surface area contributed by atoms with Crippen molar-refractivity contribution in [1.29, 1.82) is 0 Å². The van der Waals surface area contributed by atoms with Crippen LogP contribution in [0.2, 0.25) is 0 Å². The lowest BCUT2D eigenvalue weighted by atomic mass is 10.2. The molecule has 2 aliphatic rings. The third-order valence-electron chi connectivity index (χ3n) is 4.25. The fourth-order valence-corrected chi connectivity index (χ4v) is 3.06. The largest absolute Gasteiger partial charge is 0.469 e. The second-order valence-corrected chi connectivity index (χ2v) is 5.97. The Labute approximate surface area is 149 Å². The SMILES string of the molecule is C1=CCC(NC(=NCCc2ccco2)NC2CCCC2)C1.I. The van der Waals surface area contributed by atoms with E-state index in [-0.39, 0.29) is 24.0 Å². The third-order valence-corrected chi connectivity index (χ3v) is 4.25. The molecule has 0 bridgehead atoms. The molecule has 3 rings (SSSR count). The van der Waals surface area contributed by atoms with E-state index < -0.39 is 0 Å². The van der Waals surface area contributed by atoms with E-state index in [9.17, 15) is 0 Å². The lowest BCUT2D eigenvalue weighted by molar-refractivity contribution is 0.510. The molecule has 0 atom stereocenters. The van der Waals surface area contributed by atoms with E-state index in [1.54, 1.807) is 6.26 Å². The Kier molecular flexibility index (Phi) is 7.29. The van der Waals surface area contributed by atoms with Crippen LogP contribution in [-0.2, 0) is 6.42 Å². The molecular formula is C17H26IN3O. The molecule has 1 aromatic rings. The highest BCUT2D eigenvalue weighted by Gasteiger charge is 2.18. The fraction of sp³-hybridized carbons (Fsp3) is 0.588. The van der Waals surface area contributed by atoms with Crippen molar-refractivity contribution in [2.45, 2.75) is 57.0 Å². The molecule has 0 unspecified atom stereocenters. The van der Waals surface area contributed by atoms with Crippen LogP contribution in [0.3, 0.4) is 0 Å². The summed E-state index contributed by atoms with van der Waals surface area (Å²) in [6, 6.07) is 5.03. The molecule has 122 valence electrons. The molecule has 1 fully saturated rings. The topological polar surface area (TPSA) is 49.6 Å². The van der Waals surface area contributed by atoms with Crippen LogP contribution in [-0.4, -0.2) is 24.6 Å². The zero-order valence-electron chi connectivity index (χ0n) is 13.0. The minimum Gasteiger partial charge on any atom is -0.469 e. The average Bonchev–Trinajstić information content (AvgIpc) is 3.22. The van der Waals surface area contributed by atoms with Crippen LogP contribution in [0.25, 0.3) is 0 Å². The number of hydrogen-bond acceptors (Lipinski definition) is 2. The molecule has 0 spiro atoms. The van der Waals surface area contributed by atoms with Crippen molar-refractivity contribution >= 4 is 29.9 Å². The number of nitrogens with zero attached hydrogens (tertiary/aromatic N) is 1. The van der Waals surface area contributed by atoms with E-state index in [1.165, 1.54) is 25.7 Å². The molecule has 0 aliphatic heterocycles. The van der Waals surface area contributed by atoms with Gasteiger partial charge in [-0.3, -0.25) is 4.99 Å². The number of guanidine groups is 1. The molecule has 0 amide bonds. The first-order chi connectivity index (χ1) is 10.4. The van der Waals surface area contributed by atoms with Crippen molar-refractivity contribution in [3.63, 3.8) is 0 Å². The van der Waals surface area contributed by atoms with Crippen molar-refractivity contribution in [1.82, 2.24) is 10.6 Å². The molecule has 5 heteroatoms. The first-order valence-electron chi connectivity index (χ1n) is 8.15. The highest BCUT2D eigenvalue weighted by atomic mass is 127. The zero-order valence-corrected chi connectivity index (χ0v) is 15.3. The van der Waals surface area contributed by atoms with Gasteiger partial charge in [-0.05, 0) is 37.8 Å². The third kappa shape index (κ3) is 5.34. The molecule has 0 aromatic carbocycles. The van der Waals surface area contributed by atoms with Crippen LogP contribution in [0, 0.1) is 0 Å². The number of rotatable bonds is 5. The molecule has 2 N–H and O–H groups in total. The van der Waals surface area contributed by atoms with Crippen LogP contribution in [0.5, 0.6) is 0 Å².